The number of hydrogen-bond donors (Lipinski definition) is 1. The van der Waals surface area contributed by atoms with Crippen molar-refractivity contribution in [3.05, 3.63) is 35.9 Å². The molecule has 138 valence electrons. The molecule has 0 saturated heterocycles. The number of rotatable bonds is 6. The average Bonchev–Trinajstić information content (AvgIpc) is 3.32. The monoisotopic (exact) mass is 358 g/mol. The maximum Gasteiger partial charge on any atom is 0.354 e. The van der Waals surface area contributed by atoms with Gasteiger partial charge in [-0.2, -0.15) is 5.10 Å². The third-order valence-corrected chi connectivity index (χ3v) is 4.67. The van der Waals surface area contributed by atoms with Gasteiger partial charge in [-0.25, -0.2) is 9.59 Å². The first kappa shape index (κ1) is 18.1. The number of carbonyl (C=O) groups excluding carboxylic acids is 3. The molecule has 1 aliphatic heterocycles. The molecule has 1 aliphatic carbocycles. The zero-order valence-corrected chi connectivity index (χ0v) is 14.7. The summed E-state index contributed by atoms with van der Waals surface area (Å²) in [6, 6.07) is 8.45. The standard InChI is InChI=1S/C19H22N2O5/c1-2-25-17(23)15-12-19(21-20-15,16(22)13-8-4-3-5-9-13)18(24)26-14-10-6-7-11-14/h3-5,8-9,14,21H,2,6-7,10-12H2,1H3. The number of hydrazone groups is 1. The van der Waals surface area contributed by atoms with Crippen molar-refractivity contribution in [2.45, 2.75) is 50.7 Å². The minimum absolute atomic E-state index is 0.0134. The second kappa shape index (κ2) is 7.68. The zero-order chi connectivity index (χ0) is 18.6. The van der Waals surface area contributed by atoms with Gasteiger partial charge in [0.25, 0.3) is 0 Å². The van der Waals surface area contributed by atoms with Crippen molar-refractivity contribution in [3.63, 3.8) is 0 Å². The molecule has 7 heteroatoms. The van der Waals surface area contributed by atoms with Crippen molar-refractivity contribution in [2.24, 2.45) is 5.10 Å². The van der Waals surface area contributed by atoms with Crippen molar-refractivity contribution in [1.82, 2.24) is 5.43 Å². The quantitative estimate of drug-likeness (QED) is 0.475. The molecule has 1 heterocycles. The topological polar surface area (TPSA) is 94.1 Å². The van der Waals surface area contributed by atoms with Crippen LogP contribution in [-0.2, 0) is 19.1 Å². The molecule has 3 rings (SSSR count). The Hall–Kier alpha value is -2.70. The van der Waals surface area contributed by atoms with Gasteiger partial charge in [-0.1, -0.05) is 30.3 Å². The van der Waals surface area contributed by atoms with E-state index in [0.717, 1.165) is 25.7 Å². The second-order valence-electron chi connectivity index (χ2n) is 6.48. The lowest BCUT2D eigenvalue weighted by atomic mass is 9.85. The highest BCUT2D eigenvalue weighted by molar-refractivity contribution is 6.39. The third-order valence-electron chi connectivity index (χ3n) is 4.67. The molecule has 0 radical (unpaired) electrons. The molecule has 1 aromatic carbocycles. The molecule has 2 aliphatic rings. The second-order valence-corrected chi connectivity index (χ2v) is 6.48. The number of ether oxygens (including phenoxy) is 2. The number of nitrogens with one attached hydrogen (secondary N) is 1. The van der Waals surface area contributed by atoms with E-state index in [1.165, 1.54) is 0 Å². The molecule has 0 bridgehead atoms. The van der Waals surface area contributed by atoms with E-state index in [0.29, 0.717) is 5.56 Å². The van der Waals surface area contributed by atoms with Gasteiger partial charge in [0.1, 0.15) is 11.8 Å². The lowest BCUT2D eigenvalue weighted by Gasteiger charge is -2.26. The Morgan fingerprint density at radius 2 is 1.88 bits per heavy atom. The number of benzene rings is 1. The molecule has 0 aromatic heterocycles. The molecular formula is C19H22N2O5. The van der Waals surface area contributed by atoms with Crippen LogP contribution in [0.1, 0.15) is 49.4 Å². The first-order valence-corrected chi connectivity index (χ1v) is 8.88. The fraction of sp³-hybridized carbons (Fsp3) is 0.474. The molecule has 0 spiro atoms. The van der Waals surface area contributed by atoms with Crippen molar-refractivity contribution in [1.29, 1.82) is 0 Å². The summed E-state index contributed by atoms with van der Waals surface area (Å²) in [6.45, 7) is 1.86. The van der Waals surface area contributed by atoms with Gasteiger partial charge in [0.05, 0.1) is 6.61 Å². The van der Waals surface area contributed by atoms with Crippen molar-refractivity contribution >= 4 is 23.4 Å². The maximum atomic E-state index is 13.1. The van der Waals surface area contributed by atoms with E-state index in [-0.39, 0.29) is 24.8 Å². The molecular weight excluding hydrogens is 336 g/mol. The smallest absolute Gasteiger partial charge is 0.354 e. The Labute approximate surface area is 151 Å². The summed E-state index contributed by atoms with van der Waals surface area (Å²) in [5, 5.41) is 3.92. The number of hydrogen-bond acceptors (Lipinski definition) is 7. The number of Topliss-reactive ketones (excluding diaryl/α,β-unsaturated/α-hetero) is 1. The minimum atomic E-state index is -1.73. The summed E-state index contributed by atoms with van der Waals surface area (Å²) in [4.78, 5) is 38.1. The van der Waals surface area contributed by atoms with Crippen LogP contribution in [0.5, 0.6) is 0 Å². The number of ketones is 1. The summed E-state index contributed by atoms with van der Waals surface area (Å²) in [5.74, 6) is -1.80. The normalized spacial score (nSPS) is 22.4. The summed E-state index contributed by atoms with van der Waals surface area (Å²) in [7, 11) is 0. The van der Waals surface area contributed by atoms with Gasteiger partial charge in [0.15, 0.2) is 0 Å². The largest absolute Gasteiger partial charge is 0.461 e. The van der Waals surface area contributed by atoms with Crippen molar-refractivity contribution < 1.29 is 23.9 Å². The fourth-order valence-electron chi connectivity index (χ4n) is 3.26. The van der Waals surface area contributed by atoms with Crippen LogP contribution in [0.3, 0.4) is 0 Å². The van der Waals surface area contributed by atoms with Crippen LogP contribution < -0.4 is 5.43 Å². The van der Waals surface area contributed by atoms with Crippen LogP contribution in [0.25, 0.3) is 0 Å². The van der Waals surface area contributed by atoms with Crippen LogP contribution in [0.2, 0.25) is 0 Å². The molecule has 1 atom stereocenters. The first-order valence-electron chi connectivity index (χ1n) is 8.88. The third kappa shape index (κ3) is 3.47. The molecule has 26 heavy (non-hydrogen) atoms. The Morgan fingerprint density at radius 1 is 1.19 bits per heavy atom. The molecule has 1 aromatic rings. The van der Waals surface area contributed by atoms with Crippen molar-refractivity contribution in [2.75, 3.05) is 6.61 Å². The lowest BCUT2D eigenvalue weighted by molar-refractivity contribution is -0.154. The van der Waals surface area contributed by atoms with Crippen molar-refractivity contribution in [3.8, 4) is 0 Å². The predicted molar refractivity (Wildman–Crippen MR) is 93.7 cm³/mol. The fourth-order valence-corrected chi connectivity index (χ4v) is 3.26. The number of nitrogens with zero attached hydrogens (tertiary/aromatic N) is 1. The molecule has 0 amide bonds. The van der Waals surface area contributed by atoms with E-state index >= 15 is 0 Å². The lowest BCUT2D eigenvalue weighted by Crippen LogP contribution is -2.56. The molecule has 1 unspecified atom stereocenters. The summed E-state index contributed by atoms with van der Waals surface area (Å²) in [5.41, 5.74) is 1.23. The maximum absolute atomic E-state index is 13.1. The summed E-state index contributed by atoms with van der Waals surface area (Å²) < 4.78 is 10.5. The van der Waals surface area contributed by atoms with Gasteiger partial charge in [-0.3, -0.25) is 10.2 Å². The Morgan fingerprint density at radius 3 is 2.54 bits per heavy atom. The van der Waals surface area contributed by atoms with Crippen LogP contribution in [0.15, 0.2) is 35.4 Å². The average molecular weight is 358 g/mol. The predicted octanol–water partition coefficient (Wildman–Crippen LogP) is 2.01. The SMILES string of the molecule is CCOC(=O)C1=NNC(C(=O)OC2CCCC2)(C(=O)c2ccccc2)C1. The minimum Gasteiger partial charge on any atom is -0.461 e. The Balaban J connectivity index is 1.86. The molecule has 1 saturated carbocycles. The molecule has 1 N–H and O–H groups in total. The molecule has 1 fully saturated rings. The van der Waals surface area contributed by atoms with Gasteiger partial charge in [0.2, 0.25) is 11.3 Å². The Bertz CT molecular complexity index is 725. The molecule has 7 nitrogen and oxygen atoms in total. The van der Waals surface area contributed by atoms with Gasteiger partial charge in [0, 0.05) is 12.0 Å². The van der Waals surface area contributed by atoms with E-state index in [1.54, 1.807) is 37.3 Å². The number of esters is 2. The van der Waals surface area contributed by atoms with Gasteiger partial charge >= 0.3 is 11.9 Å². The van der Waals surface area contributed by atoms with E-state index in [1.807, 2.05) is 0 Å². The summed E-state index contributed by atoms with van der Waals surface area (Å²) >= 11 is 0. The van der Waals surface area contributed by atoms with E-state index in [2.05, 4.69) is 10.5 Å². The zero-order valence-electron chi connectivity index (χ0n) is 14.7. The highest BCUT2D eigenvalue weighted by atomic mass is 16.5. The Kier molecular flexibility index (Phi) is 5.35. The van der Waals surface area contributed by atoms with E-state index < -0.39 is 23.3 Å². The van der Waals surface area contributed by atoms with E-state index in [9.17, 15) is 14.4 Å². The van der Waals surface area contributed by atoms with Crippen LogP contribution in [-0.4, -0.2) is 41.7 Å². The number of carbonyl (C=O) groups is 3. The van der Waals surface area contributed by atoms with Gasteiger partial charge in [-0.05, 0) is 32.6 Å². The first-order chi connectivity index (χ1) is 12.6. The highest BCUT2D eigenvalue weighted by Gasteiger charge is 2.53. The van der Waals surface area contributed by atoms with E-state index in [4.69, 9.17) is 9.47 Å². The van der Waals surface area contributed by atoms with Gasteiger partial charge in [-0.15, -0.1) is 0 Å². The highest BCUT2D eigenvalue weighted by Crippen LogP contribution is 2.29. The van der Waals surface area contributed by atoms with Crippen LogP contribution >= 0.6 is 0 Å². The summed E-state index contributed by atoms with van der Waals surface area (Å²) in [6.07, 6.45) is 3.17. The van der Waals surface area contributed by atoms with Crippen LogP contribution in [0.4, 0.5) is 0 Å². The van der Waals surface area contributed by atoms with Gasteiger partial charge < -0.3 is 9.47 Å². The van der Waals surface area contributed by atoms with Crippen LogP contribution in [0, 0.1) is 0 Å².